The molecule has 0 saturated carbocycles. The largest absolute Gasteiger partial charge is 0.379 e. The van der Waals surface area contributed by atoms with E-state index in [4.69, 9.17) is 14.0 Å². The SMILES string of the molecule is CCCCOCCOCC(OP(O)O)c1ccc(C(C)C)cc1C(C)c1ccccc1. The molecule has 0 aliphatic heterocycles. The summed E-state index contributed by atoms with van der Waals surface area (Å²) in [5.74, 6) is 0.515. The minimum atomic E-state index is -2.51. The number of hydrogen-bond donors (Lipinski definition) is 2. The smallest absolute Gasteiger partial charge is 0.327 e. The van der Waals surface area contributed by atoms with Crippen molar-refractivity contribution in [1.29, 1.82) is 0 Å². The Hall–Kier alpha value is -1.33. The molecule has 5 nitrogen and oxygen atoms in total. The van der Waals surface area contributed by atoms with Crippen LogP contribution < -0.4 is 0 Å². The van der Waals surface area contributed by atoms with Crippen molar-refractivity contribution in [2.45, 2.75) is 58.5 Å². The Morgan fingerprint density at radius 3 is 2.19 bits per heavy atom. The number of unbranched alkanes of at least 4 members (excludes halogenated alkanes) is 1. The van der Waals surface area contributed by atoms with Gasteiger partial charge in [0, 0.05) is 12.5 Å². The van der Waals surface area contributed by atoms with Crippen molar-refractivity contribution in [3.63, 3.8) is 0 Å². The second-order valence-electron chi connectivity index (χ2n) is 8.06. The Kier molecular flexibility index (Phi) is 11.7. The first-order chi connectivity index (χ1) is 14.9. The van der Waals surface area contributed by atoms with Gasteiger partial charge in [0.15, 0.2) is 0 Å². The lowest BCUT2D eigenvalue weighted by molar-refractivity contribution is 0.00727. The van der Waals surface area contributed by atoms with Gasteiger partial charge >= 0.3 is 8.60 Å². The highest BCUT2D eigenvalue weighted by atomic mass is 31.2. The minimum Gasteiger partial charge on any atom is -0.379 e. The van der Waals surface area contributed by atoms with E-state index in [2.05, 4.69) is 52.0 Å². The van der Waals surface area contributed by atoms with Crippen LogP contribution in [-0.4, -0.2) is 36.2 Å². The molecule has 2 N–H and O–H groups in total. The molecule has 0 aromatic heterocycles. The van der Waals surface area contributed by atoms with Crippen LogP contribution in [0, 0.1) is 0 Å². The summed E-state index contributed by atoms with van der Waals surface area (Å²) < 4.78 is 16.9. The zero-order valence-corrected chi connectivity index (χ0v) is 20.1. The highest BCUT2D eigenvalue weighted by Crippen LogP contribution is 2.39. The maximum absolute atomic E-state index is 9.59. The van der Waals surface area contributed by atoms with E-state index in [0.717, 1.165) is 30.6 Å². The molecule has 0 fully saturated rings. The zero-order chi connectivity index (χ0) is 22.6. The monoisotopic (exact) mass is 448 g/mol. The van der Waals surface area contributed by atoms with Crippen molar-refractivity contribution in [1.82, 2.24) is 0 Å². The van der Waals surface area contributed by atoms with Gasteiger partial charge in [-0.2, -0.15) is 0 Å². The van der Waals surface area contributed by atoms with Crippen molar-refractivity contribution >= 4 is 8.60 Å². The lowest BCUT2D eigenvalue weighted by atomic mass is 9.85. The van der Waals surface area contributed by atoms with Crippen LogP contribution in [0.1, 0.15) is 80.7 Å². The van der Waals surface area contributed by atoms with E-state index < -0.39 is 14.7 Å². The fourth-order valence-electron chi connectivity index (χ4n) is 3.49. The van der Waals surface area contributed by atoms with E-state index in [1.165, 1.54) is 11.1 Å². The molecule has 0 aliphatic rings. The van der Waals surface area contributed by atoms with Gasteiger partial charge in [0.2, 0.25) is 0 Å². The van der Waals surface area contributed by atoms with Gasteiger partial charge < -0.3 is 23.8 Å². The van der Waals surface area contributed by atoms with Gasteiger partial charge in [-0.25, -0.2) is 0 Å². The van der Waals surface area contributed by atoms with Crippen LogP contribution in [0.5, 0.6) is 0 Å². The second-order valence-corrected chi connectivity index (χ2v) is 8.78. The van der Waals surface area contributed by atoms with E-state index in [-0.39, 0.29) is 12.5 Å². The summed E-state index contributed by atoms with van der Waals surface area (Å²) in [7, 11) is -2.51. The average molecular weight is 449 g/mol. The third-order valence-electron chi connectivity index (χ3n) is 5.40. The van der Waals surface area contributed by atoms with Crippen LogP contribution in [0.25, 0.3) is 0 Å². The molecule has 0 bridgehead atoms. The van der Waals surface area contributed by atoms with Crippen molar-refractivity contribution < 1.29 is 23.8 Å². The summed E-state index contributed by atoms with van der Waals surface area (Å²) >= 11 is 0. The van der Waals surface area contributed by atoms with E-state index >= 15 is 0 Å². The Morgan fingerprint density at radius 2 is 1.55 bits per heavy atom. The van der Waals surface area contributed by atoms with Gasteiger partial charge in [-0.1, -0.05) is 82.6 Å². The average Bonchev–Trinajstić information content (AvgIpc) is 2.77. The van der Waals surface area contributed by atoms with Crippen LogP contribution in [0.3, 0.4) is 0 Å². The Balaban J connectivity index is 2.23. The summed E-state index contributed by atoms with van der Waals surface area (Å²) in [6.45, 7) is 10.5. The van der Waals surface area contributed by atoms with Crippen molar-refractivity contribution in [2.75, 3.05) is 26.4 Å². The van der Waals surface area contributed by atoms with Crippen molar-refractivity contribution in [2.24, 2.45) is 0 Å². The van der Waals surface area contributed by atoms with Crippen LogP contribution in [0.15, 0.2) is 48.5 Å². The highest BCUT2D eigenvalue weighted by molar-refractivity contribution is 7.39. The Labute approximate surface area is 188 Å². The molecule has 0 amide bonds. The quantitative estimate of drug-likeness (QED) is 0.271. The Bertz CT molecular complexity index is 751. The molecular formula is C25H37O5P. The van der Waals surface area contributed by atoms with E-state index in [1.54, 1.807) is 0 Å². The number of hydrogen-bond acceptors (Lipinski definition) is 5. The normalized spacial score (nSPS) is 13.7. The molecule has 2 aromatic rings. The van der Waals surface area contributed by atoms with Crippen LogP contribution in [0.2, 0.25) is 0 Å². The number of ether oxygens (including phenoxy) is 2. The summed E-state index contributed by atoms with van der Waals surface area (Å²) in [6.07, 6.45) is 1.56. The third-order valence-corrected chi connectivity index (χ3v) is 5.84. The maximum atomic E-state index is 9.59. The lowest BCUT2D eigenvalue weighted by Crippen LogP contribution is -2.16. The van der Waals surface area contributed by atoms with Gasteiger partial charge in [-0.05, 0) is 34.6 Å². The van der Waals surface area contributed by atoms with Gasteiger partial charge in [0.25, 0.3) is 0 Å². The first-order valence-corrected chi connectivity index (χ1v) is 12.3. The molecule has 6 heteroatoms. The first-order valence-electron chi connectivity index (χ1n) is 11.1. The molecule has 0 radical (unpaired) electrons. The number of benzene rings is 2. The molecule has 31 heavy (non-hydrogen) atoms. The summed E-state index contributed by atoms with van der Waals surface area (Å²) in [5.41, 5.74) is 4.47. The molecule has 2 aromatic carbocycles. The molecule has 2 unspecified atom stereocenters. The van der Waals surface area contributed by atoms with Crippen molar-refractivity contribution in [3.05, 3.63) is 70.8 Å². The van der Waals surface area contributed by atoms with Gasteiger partial charge in [-0.3, -0.25) is 0 Å². The Morgan fingerprint density at radius 1 is 0.839 bits per heavy atom. The summed E-state index contributed by atoms with van der Waals surface area (Å²) in [5, 5.41) is 0. The molecule has 0 aliphatic carbocycles. The molecular weight excluding hydrogens is 411 g/mol. The second kappa shape index (κ2) is 13.9. The van der Waals surface area contributed by atoms with Crippen LogP contribution >= 0.6 is 8.60 Å². The number of rotatable bonds is 14. The van der Waals surface area contributed by atoms with Gasteiger partial charge in [0.05, 0.1) is 19.8 Å². The van der Waals surface area contributed by atoms with Gasteiger partial charge in [-0.15, -0.1) is 0 Å². The predicted octanol–water partition coefficient (Wildman–Crippen LogP) is 6.06. The molecule has 2 atom stereocenters. The van der Waals surface area contributed by atoms with E-state index in [1.807, 2.05) is 24.3 Å². The fraction of sp³-hybridized carbons (Fsp3) is 0.520. The maximum Gasteiger partial charge on any atom is 0.327 e. The van der Waals surface area contributed by atoms with Crippen LogP contribution in [0.4, 0.5) is 0 Å². The molecule has 0 heterocycles. The van der Waals surface area contributed by atoms with Crippen molar-refractivity contribution in [3.8, 4) is 0 Å². The molecule has 0 saturated heterocycles. The molecule has 172 valence electrons. The highest BCUT2D eigenvalue weighted by Gasteiger charge is 2.24. The third kappa shape index (κ3) is 8.61. The zero-order valence-electron chi connectivity index (χ0n) is 19.2. The predicted molar refractivity (Wildman–Crippen MR) is 126 cm³/mol. The minimum absolute atomic E-state index is 0.127. The standard InChI is InChI=1S/C25H37O5P/c1-5-6-14-28-15-16-29-18-25(30-31(26)27)23-13-12-22(19(2)3)17-24(23)20(4)21-10-8-7-9-11-21/h7-13,17,19-20,25-27H,5-6,14-16,18H2,1-4H3. The fourth-order valence-corrected chi connectivity index (χ4v) is 3.89. The van der Waals surface area contributed by atoms with Gasteiger partial charge in [0.1, 0.15) is 6.10 Å². The summed E-state index contributed by atoms with van der Waals surface area (Å²) in [6, 6.07) is 16.6. The lowest BCUT2D eigenvalue weighted by Gasteiger charge is -2.25. The van der Waals surface area contributed by atoms with Crippen LogP contribution in [-0.2, 0) is 14.0 Å². The van der Waals surface area contributed by atoms with E-state index in [9.17, 15) is 9.79 Å². The first kappa shape index (κ1) is 25.9. The molecule has 0 spiro atoms. The van der Waals surface area contributed by atoms with E-state index in [0.29, 0.717) is 19.1 Å². The topological polar surface area (TPSA) is 68.2 Å². The summed E-state index contributed by atoms with van der Waals surface area (Å²) in [4.78, 5) is 19.2. The molecule has 2 rings (SSSR count).